The van der Waals surface area contributed by atoms with E-state index < -0.39 is 17.2 Å². The maximum atomic E-state index is 12.4. The zero-order valence-electron chi connectivity index (χ0n) is 9.77. The Morgan fingerprint density at radius 2 is 1.61 bits per heavy atom. The van der Waals surface area contributed by atoms with E-state index in [0.29, 0.717) is 13.1 Å². The number of benzene rings is 1. The zero-order valence-corrected chi connectivity index (χ0v) is 9.77. The smallest absolute Gasteiger partial charge is 0.337 e. The number of carbonyl (C=O) groups is 1. The molecule has 98 valence electrons. The lowest BCUT2D eigenvalue weighted by Gasteiger charge is -2.34. The molecule has 0 spiro atoms. The third-order valence-corrected chi connectivity index (χ3v) is 3.19. The zero-order chi connectivity index (χ0) is 13.4. The van der Waals surface area contributed by atoms with Crippen molar-refractivity contribution < 1.29 is 18.0 Å². The van der Waals surface area contributed by atoms with Gasteiger partial charge >= 0.3 is 12.2 Å². The van der Waals surface area contributed by atoms with Gasteiger partial charge in [0.25, 0.3) is 0 Å². The normalized spacial score (nSPS) is 19.0. The average molecular weight is 258 g/mol. The third kappa shape index (κ3) is 2.42. The van der Waals surface area contributed by atoms with E-state index >= 15 is 0 Å². The van der Waals surface area contributed by atoms with Gasteiger partial charge in [-0.3, -0.25) is 0 Å². The molecule has 1 aliphatic rings. The molecule has 6 heteroatoms. The Kier molecular flexibility index (Phi) is 2.96. The highest BCUT2D eigenvalue weighted by Crippen LogP contribution is 2.31. The molecule has 0 aromatic heterocycles. The van der Waals surface area contributed by atoms with Crippen LogP contribution in [0.25, 0.3) is 0 Å². The Balaban J connectivity index is 2.22. The second-order valence-corrected chi connectivity index (χ2v) is 4.67. The first kappa shape index (κ1) is 12.7. The van der Waals surface area contributed by atoms with Crippen LogP contribution in [0.5, 0.6) is 0 Å². The Morgan fingerprint density at radius 3 is 2.06 bits per heavy atom. The predicted molar refractivity (Wildman–Crippen MR) is 60.2 cm³/mol. The summed E-state index contributed by atoms with van der Waals surface area (Å²) in [7, 11) is 0. The number of rotatable bonds is 1. The summed E-state index contributed by atoms with van der Waals surface area (Å²) in [6, 6.07) is 4.80. The highest BCUT2D eigenvalue weighted by atomic mass is 19.4. The molecule has 0 aliphatic carbocycles. The molecule has 2 amide bonds. The van der Waals surface area contributed by atoms with Crippen molar-refractivity contribution in [3.05, 3.63) is 35.4 Å². The Bertz CT molecular complexity index is 443. The fourth-order valence-electron chi connectivity index (χ4n) is 1.94. The van der Waals surface area contributed by atoms with Crippen LogP contribution in [0.2, 0.25) is 0 Å². The molecule has 0 radical (unpaired) electrons. The molecule has 1 aromatic rings. The molecule has 0 saturated carbocycles. The highest BCUT2D eigenvalue weighted by Gasteiger charge is 2.34. The van der Waals surface area contributed by atoms with Crippen molar-refractivity contribution in [1.82, 2.24) is 10.6 Å². The third-order valence-electron chi connectivity index (χ3n) is 3.19. The van der Waals surface area contributed by atoms with E-state index in [4.69, 9.17) is 0 Å². The molecular weight excluding hydrogens is 245 g/mol. The Hall–Kier alpha value is -1.72. The van der Waals surface area contributed by atoms with Gasteiger partial charge in [0.1, 0.15) is 0 Å². The van der Waals surface area contributed by atoms with Gasteiger partial charge in [-0.15, -0.1) is 0 Å². The molecule has 1 saturated heterocycles. The second kappa shape index (κ2) is 4.19. The van der Waals surface area contributed by atoms with Gasteiger partial charge in [-0.1, -0.05) is 19.1 Å². The number of carbonyl (C=O) groups excluding carboxylic acids is 1. The van der Waals surface area contributed by atoms with E-state index in [2.05, 4.69) is 10.6 Å². The summed E-state index contributed by atoms with van der Waals surface area (Å²) in [5, 5.41) is 5.29. The lowest BCUT2D eigenvalue weighted by molar-refractivity contribution is -0.137. The fourth-order valence-corrected chi connectivity index (χ4v) is 1.94. The lowest BCUT2D eigenvalue weighted by Crippen LogP contribution is -2.55. The van der Waals surface area contributed by atoms with E-state index in [-0.39, 0.29) is 6.03 Å². The van der Waals surface area contributed by atoms with Crippen LogP contribution in [0.4, 0.5) is 18.0 Å². The molecule has 18 heavy (non-hydrogen) atoms. The van der Waals surface area contributed by atoms with Crippen molar-refractivity contribution in [2.75, 3.05) is 13.1 Å². The van der Waals surface area contributed by atoms with Gasteiger partial charge in [0, 0.05) is 18.5 Å². The lowest BCUT2D eigenvalue weighted by atomic mass is 9.81. The topological polar surface area (TPSA) is 41.1 Å². The van der Waals surface area contributed by atoms with Crippen molar-refractivity contribution in [2.24, 2.45) is 0 Å². The van der Waals surface area contributed by atoms with Crippen LogP contribution in [0.15, 0.2) is 24.3 Å². The van der Waals surface area contributed by atoms with E-state index in [1.165, 1.54) is 12.1 Å². The molecule has 1 fully saturated rings. The molecule has 1 heterocycles. The number of hydrogen-bond donors (Lipinski definition) is 2. The summed E-state index contributed by atoms with van der Waals surface area (Å²) in [5.74, 6) is 0. The molecule has 2 N–H and O–H groups in total. The molecule has 1 aromatic carbocycles. The van der Waals surface area contributed by atoms with E-state index in [0.717, 1.165) is 17.7 Å². The van der Waals surface area contributed by atoms with E-state index in [1.54, 1.807) is 0 Å². The molecule has 1 aliphatic heterocycles. The Labute approximate surface area is 102 Å². The quantitative estimate of drug-likeness (QED) is 0.797. The first-order valence-corrected chi connectivity index (χ1v) is 5.51. The summed E-state index contributed by atoms with van der Waals surface area (Å²) < 4.78 is 37.3. The minimum atomic E-state index is -4.32. The SMILES string of the molecule is CC1(c2ccc(C(F)(F)F)cc2)CNC(=O)NC1. The summed E-state index contributed by atoms with van der Waals surface area (Å²) in [4.78, 5) is 11.0. The van der Waals surface area contributed by atoms with E-state index in [9.17, 15) is 18.0 Å². The van der Waals surface area contributed by atoms with Crippen LogP contribution < -0.4 is 10.6 Å². The molecule has 3 nitrogen and oxygen atoms in total. The van der Waals surface area contributed by atoms with E-state index in [1.807, 2.05) is 6.92 Å². The van der Waals surface area contributed by atoms with Crippen LogP contribution in [0.1, 0.15) is 18.1 Å². The molecule has 0 atom stereocenters. The summed E-state index contributed by atoms with van der Waals surface area (Å²) in [5.41, 5.74) is -0.288. The van der Waals surface area contributed by atoms with Gasteiger partial charge in [0.15, 0.2) is 0 Å². The van der Waals surface area contributed by atoms with Crippen LogP contribution >= 0.6 is 0 Å². The van der Waals surface area contributed by atoms with Gasteiger partial charge in [-0.25, -0.2) is 4.79 Å². The van der Waals surface area contributed by atoms with Crippen molar-refractivity contribution in [3.8, 4) is 0 Å². The minimum absolute atomic E-state index is 0.251. The van der Waals surface area contributed by atoms with Crippen LogP contribution in [0.3, 0.4) is 0 Å². The number of urea groups is 1. The highest BCUT2D eigenvalue weighted by molar-refractivity contribution is 5.75. The van der Waals surface area contributed by atoms with Crippen LogP contribution in [0, 0.1) is 0 Å². The first-order valence-electron chi connectivity index (χ1n) is 5.51. The largest absolute Gasteiger partial charge is 0.416 e. The van der Waals surface area contributed by atoms with Crippen molar-refractivity contribution in [1.29, 1.82) is 0 Å². The molecule has 0 unspecified atom stereocenters. The number of hydrogen-bond acceptors (Lipinski definition) is 1. The Morgan fingerprint density at radius 1 is 1.11 bits per heavy atom. The van der Waals surface area contributed by atoms with Gasteiger partial charge in [0.05, 0.1) is 5.56 Å². The first-order chi connectivity index (χ1) is 8.31. The molecule has 0 bridgehead atoms. The van der Waals surface area contributed by atoms with Crippen LogP contribution in [-0.4, -0.2) is 19.1 Å². The van der Waals surface area contributed by atoms with Gasteiger partial charge < -0.3 is 10.6 Å². The summed E-state index contributed by atoms with van der Waals surface area (Å²) >= 11 is 0. The average Bonchev–Trinajstić information content (AvgIpc) is 2.32. The number of amides is 2. The maximum Gasteiger partial charge on any atom is 0.416 e. The van der Waals surface area contributed by atoms with Crippen molar-refractivity contribution in [2.45, 2.75) is 18.5 Å². The number of nitrogens with one attached hydrogen (secondary N) is 2. The molecular formula is C12H13F3N2O. The van der Waals surface area contributed by atoms with Crippen molar-refractivity contribution in [3.63, 3.8) is 0 Å². The predicted octanol–water partition coefficient (Wildman–Crippen LogP) is 2.28. The maximum absolute atomic E-state index is 12.4. The van der Waals surface area contributed by atoms with Gasteiger partial charge in [-0.2, -0.15) is 13.2 Å². The second-order valence-electron chi connectivity index (χ2n) is 4.67. The van der Waals surface area contributed by atoms with Crippen molar-refractivity contribution >= 4 is 6.03 Å². The van der Waals surface area contributed by atoms with Gasteiger partial charge in [0.2, 0.25) is 0 Å². The monoisotopic (exact) mass is 258 g/mol. The standard InChI is InChI=1S/C12H13F3N2O/c1-11(6-16-10(18)17-7-11)8-2-4-9(5-3-8)12(13,14)15/h2-5H,6-7H2,1H3,(H2,16,17,18). The summed E-state index contributed by atoms with van der Waals surface area (Å²) in [6.07, 6.45) is -4.32. The van der Waals surface area contributed by atoms with Gasteiger partial charge in [-0.05, 0) is 17.7 Å². The molecule has 2 rings (SSSR count). The fraction of sp³-hybridized carbons (Fsp3) is 0.417. The minimum Gasteiger partial charge on any atom is -0.337 e. The number of alkyl halides is 3. The number of halogens is 3. The van der Waals surface area contributed by atoms with Crippen LogP contribution in [-0.2, 0) is 11.6 Å². The summed E-state index contributed by atoms with van der Waals surface area (Å²) in [6.45, 7) is 2.70.